The number of hydrogen-bond acceptors (Lipinski definition) is 5. The number of rotatable bonds is 11. The fraction of sp³-hybridized carbons (Fsp3) is 0.381. The van der Waals surface area contributed by atoms with Gasteiger partial charge in [-0.3, -0.25) is 9.10 Å². The molecule has 1 N–H and O–H groups in total. The van der Waals surface area contributed by atoms with Gasteiger partial charge in [0.2, 0.25) is 15.9 Å². The number of sulfonamides is 1. The van der Waals surface area contributed by atoms with Gasteiger partial charge in [-0.05, 0) is 37.6 Å². The first-order valence-electron chi connectivity index (χ1n) is 9.59. The minimum Gasteiger partial charge on any atom is -0.493 e. The molecule has 0 aliphatic heterocycles. The number of carbonyl (C=O) groups is 1. The number of ether oxygens (including phenoxy) is 2. The molecule has 0 fully saturated rings. The van der Waals surface area contributed by atoms with Crippen LogP contribution in [0, 0.1) is 11.6 Å². The molecule has 0 heterocycles. The van der Waals surface area contributed by atoms with Crippen LogP contribution in [0.3, 0.4) is 0 Å². The molecule has 1 amide bonds. The average Bonchev–Trinajstić information content (AvgIpc) is 2.71. The summed E-state index contributed by atoms with van der Waals surface area (Å²) in [5, 5.41) is 2.77. The zero-order valence-corrected chi connectivity index (χ0v) is 18.4. The molecule has 0 spiro atoms. The highest BCUT2D eigenvalue weighted by Crippen LogP contribution is 2.25. The van der Waals surface area contributed by atoms with E-state index in [1.807, 2.05) is 12.1 Å². The monoisotopic (exact) mass is 456 g/mol. The molecule has 0 radical (unpaired) electrons. The van der Waals surface area contributed by atoms with Crippen molar-refractivity contribution >= 4 is 21.6 Å². The van der Waals surface area contributed by atoms with Crippen LogP contribution >= 0.6 is 0 Å². The van der Waals surface area contributed by atoms with E-state index >= 15 is 0 Å². The van der Waals surface area contributed by atoms with Gasteiger partial charge in [0.1, 0.15) is 6.61 Å². The summed E-state index contributed by atoms with van der Waals surface area (Å²) >= 11 is 0. The molecule has 0 unspecified atom stereocenters. The van der Waals surface area contributed by atoms with Crippen LogP contribution in [0.1, 0.15) is 19.8 Å². The molecule has 0 saturated carbocycles. The number of halogens is 2. The summed E-state index contributed by atoms with van der Waals surface area (Å²) in [6, 6.07) is 9.70. The molecule has 10 heteroatoms. The fourth-order valence-corrected chi connectivity index (χ4v) is 3.81. The van der Waals surface area contributed by atoms with Crippen LogP contribution in [0.5, 0.6) is 11.5 Å². The minimum atomic E-state index is -3.73. The summed E-state index contributed by atoms with van der Waals surface area (Å²) in [4.78, 5) is 12.2. The van der Waals surface area contributed by atoms with E-state index in [4.69, 9.17) is 9.47 Å². The summed E-state index contributed by atoms with van der Waals surface area (Å²) in [6.45, 7) is 1.94. The Morgan fingerprint density at radius 3 is 2.42 bits per heavy atom. The van der Waals surface area contributed by atoms with Gasteiger partial charge in [0, 0.05) is 19.0 Å². The lowest BCUT2D eigenvalue weighted by Crippen LogP contribution is -2.37. The van der Waals surface area contributed by atoms with E-state index in [1.165, 1.54) is 13.2 Å². The highest BCUT2D eigenvalue weighted by atomic mass is 32.2. The maximum atomic E-state index is 13.5. The van der Waals surface area contributed by atoms with E-state index in [1.54, 1.807) is 19.1 Å². The van der Waals surface area contributed by atoms with Crippen molar-refractivity contribution in [2.75, 3.05) is 30.8 Å². The van der Waals surface area contributed by atoms with Crippen molar-refractivity contribution in [3.63, 3.8) is 0 Å². The van der Waals surface area contributed by atoms with Crippen LogP contribution in [-0.2, 0) is 14.8 Å². The fourth-order valence-electron chi connectivity index (χ4n) is 2.85. The van der Waals surface area contributed by atoms with Gasteiger partial charge in [0.05, 0.1) is 25.1 Å². The van der Waals surface area contributed by atoms with Crippen LogP contribution < -0.4 is 19.1 Å². The van der Waals surface area contributed by atoms with Gasteiger partial charge in [0.15, 0.2) is 23.1 Å². The number of nitrogens with zero attached hydrogens (tertiary/aromatic N) is 1. The number of anilines is 1. The van der Waals surface area contributed by atoms with Crippen molar-refractivity contribution in [3.05, 3.63) is 54.1 Å². The predicted molar refractivity (Wildman–Crippen MR) is 114 cm³/mol. The number of amides is 1. The van der Waals surface area contributed by atoms with Gasteiger partial charge in [-0.25, -0.2) is 17.2 Å². The Morgan fingerprint density at radius 2 is 1.81 bits per heavy atom. The summed E-state index contributed by atoms with van der Waals surface area (Å²) < 4.78 is 62.5. The summed E-state index contributed by atoms with van der Waals surface area (Å²) in [5.74, 6) is -1.36. The summed E-state index contributed by atoms with van der Waals surface area (Å²) in [6.07, 6.45) is 1.21. The molecule has 0 saturated heterocycles. The molecular weight excluding hydrogens is 430 g/mol. The number of hydrogen-bond donors (Lipinski definition) is 1. The largest absolute Gasteiger partial charge is 0.493 e. The lowest BCUT2D eigenvalue weighted by molar-refractivity contribution is -0.121. The Bertz CT molecular complexity index is 1000. The van der Waals surface area contributed by atoms with Gasteiger partial charge in [-0.1, -0.05) is 12.1 Å². The number of benzene rings is 2. The van der Waals surface area contributed by atoms with Gasteiger partial charge in [0.25, 0.3) is 0 Å². The van der Waals surface area contributed by atoms with Gasteiger partial charge >= 0.3 is 0 Å². The highest BCUT2D eigenvalue weighted by molar-refractivity contribution is 7.92. The Labute approximate surface area is 181 Å². The van der Waals surface area contributed by atoms with Crippen molar-refractivity contribution in [3.8, 4) is 11.5 Å². The number of nitrogens with one attached hydrogen (secondary N) is 1. The second-order valence-corrected chi connectivity index (χ2v) is 8.87. The SMILES string of the molecule is COc1ccccc1OC[C@H](C)NC(=O)CCCN(c1ccc(F)c(F)c1)S(C)(=O)=O. The van der Waals surface area contributed by atoms with Crippen molar-refractivity contribution < 1.29 is 31.5 Å². The van der Waals surface area contributed by atoms with E-state index in [-0.39, 0.29) is 43.6 Å². The van der Waals surface area contributed by atoms with Crippen LogP contribution in [-0.4, -0.2) is 46.9 Å². The van der Waals surface area contributed by atoms with E-state index < -0.39 is 21.7 Å². The molecule has 7 nitrogen and oxygen atoms in total. The van der Waals surface area contributed by atoms with Gasteiger partial charge < -0.3 is 14.8 Å². The van der Waals surface area contributed by atoms with Crippen LogP contribution in [0.25, 0.3) is 0 Å². The lowest BCUT2D eigenvalue weighted by Gasteiger charge is -2.22. The molecule has 31 heavy (non-hydrogen) atoms. The Hall–Kier alpha value is -2.88. The summed E-state index contributed by atoms with van der Waals surface area (Å²) in [5.41, 5.74) is 0.000356. The van der Waals surface area contributed by atoms with Crippen molar-refractivity contribution in [2.24, 2.45) is 0 Å². The molecular formula is C21H26F2N2O5S. The minimum absolute atomic E-state index is 0.000356. The zero-order chi connectivity index (χ0) is 23.0. The zero-order valence-electron chi connectivity index (χ0n) is 17.6. The molecule has 2 aromatic rings. The standard InChI is InChI=1S/C21H26F2N2O5S/c1-15(14-30-20-8-5-4-7-19(20)29-2)24-21(26)9-6-12-25(31(3,27)28)16-10-11-17(22)18(23)13-16/h4-5,7-8,10-11,13,15H,6,9,12,14H2,1-3H3,(H,24,26)/t15-/m0/s1. The molecule has 1 atom stereocenters. The normalized spacial score (nSPS) is 12.2. The first-order chi connectivity index (χ1) is 14.6. The molecule has 170 valence electrons. The molecule has 0 aromatic heterocycles. The van der Waals surface area contributed by atoms with E-state index in [2.05, 4.69) is 5.32 Å². The van der Waals surface area contributed by atoms with Crippen molar-refractivity contribution in [1.82, 2.24) is 5.32 Å². The highest BCUT2D eigenvalue weighted by Gasteiger charge is 2.19. The third kappa shape index (κ3) is 7.39. The second-order valence-electron chi connectivity index (χ2n) is 6.97. The van der Waals surface area contributed by atoms with Gasteiger partial charge in [-0.15, -0.1) is 0 Å². The predicted octanol–water partition coefficient (Wildman–Crippen LogP) is 3.10. The molecule has 0 aliphatic carbocycles. The molecule has 2 aromatic carbocycles. The van der Waals surface area contributed by atoms with E-state index in [0.717, 1.165) is 22.7 Å². The number of para-hydroxylation sites is 2. The Morgan fingerprint density at radius 1 is 1.13 bits per heavy atom. The van der Waals surface area contributed by atoms with Crippen LogP contribution in [0.15, 0.2) is 42.5 Å². The quantitative estimate of drug-likeness (QED) is 0.562. The maximum Gasteiger partial charge on any atom is 0.232 e. The Kier molecular flexibility index (Phi) is 8.61. The van der Waals surface area contributed by atoms with Crippen molar-refractivity contribution in [1.29, 1.82) is 0 Å². The first-order valence-corrected chi connectivity index (χ1v) is 11.4. The molecule has 2 rings (SSSR count). The van der Waals surface area contributed by atoms with Crippen LogP contribution in [0.2, 0.25) is 0 Å². The average molecular weight is 457 g/mol. The van der Waals surface area contributed by atoms with Gasteiger partial charge in [-0.2, -0.15) is 0 Å². The molecule has 0 aliphatic rings. The third-order valence-corrected chi connectivity index (χ3v) is 5.52. The molecule has 0 bridgehead atoms. The maximum absolute atomic E-state index is 13.5. The number of methoxy groups -OCH3 is 1. The van der Waals surface area contributed by atoms with Crippen molar-refractivity contribution in [2.45, 2.75) is 25.8 Å². The second kappa shape index (κ2) is 10.9. The lowest BCUT2D eigenvalue weighted by atomic mass is 10.2. The summed E-state index contributed by atoms with van der Waals surface area (Å²) in [7, 11) is -2.20. The number of carbonyl (C=O) groups excluding carboxylic acids is 1. The first kappa shape index (κ1) is 24.4. The van der Waals surface area contributed by atoms with E-state index in [0.29, 0.717) is 11.5 Å². The topological polar surface area (TPSA) is 84.9 Å². The third-order valence-electron chi connectivity index (χ3n) is 4.32. The Balaban J connectivity index is 1.85. The smallest absolute Gasteiger partial charge is 0.232 e. The van der Waals surface area contributed by atoms with E-state index in [9.17, 15) is 22.0 Å². The van der Waals surface area contributed by atoms with Crippen LogP contribution in [0.4, 0.5) is 14.5 Å².